The van der Waals surface area contributed by atoms with Crippen LogP contribution in [0.2, 0.25) is 0 Å². The van der Waals surface area contributed by atoms with Crippen LogP contribution in [-0.4, -0.2) is 56.6 Å². The smallest absolute Gasteiger partial charge is 0.434 e. The third-order valence-corrected chi connectivity index (χ3v) is 8.62. The van der Waals surface area contributed by atoms with Crippen LogP contribution in [0.4, 0.5) is 26.3 Å². The van der Waals surface area contributed by atoms with Crippen LogP contribution in [0.3, 0.4) is 0 Å². The van der Waals surface area contributed by atoms with Crippen molar-refractivity contribution in [2.75, 3.05) is 19.6 Å². The Hall–Kier alpha value is -4.39. The van der Waals surface area contributed by atoms with Gasteiger partial charge < -0.3 is 9.84 Å². The van der Waals surface area contributed by atoms with E-state index in [9.17, 15) is 36.2 Å². The number of piperidine rings is 1. The van der Waals surface area contributed by atoms with Crippen LogP contribution in [0.5, 0.6) is 5.75 Å². The second kappa shape index (κ2) is 12.1. The number of carboxylic acids is 1. The molecule has 3 heterocycles. The first-order valence-electron chi connectivity index (χ1n) is 14.8. The summed E-state index contributed by atoms with van der Waals surface area (Å²) < 4.78 is 87.0. The summed E-state index contributed by atoms with van der Waals surface area (Å²) in [6, 6.07) is 16.1. The Kier molecular flexibility index (Phi) is 8.30. The first kappa shape index (κ1) is 31.6. The zero-order valence-electron chi connectivity index (χ0n) is 24.7. The molecule has 1 aliphatic carbocycles. The summed E-state index contributed by atoms with van der Waals surface area (Å²) in [5.74, 6) is -1.10. The van der Waals surface area contributed by atoms with E-state index in [0.29, 0.717) is 60.2 Å². The van der Waals surface area contributed by atoms with Crippen LogP contribution in [0.15, 0.2) is 60.8 Å². The molecular weight excluding hydrogens is 614 g/mol. The predicted octanol–water partition coefficient (Wildman–Crippen LogP) is 7.77. The highest BCUT2D eigenvalue weighted by atomic mass is 19.4. The molecule has 2 aliphatic rings. The van der Waals surface area contributed by atoms with Crippen molar-refractivity contribution in [3.05, 3.63) is 94.3 Å². The molecule has 1 fully saturated rings. The summed E-state index contributed by atoms with van der Waals surface area (Å²) in [5, 5.41) is 13.0. The van der Waals surface area contributed by atoms with Crippen LogP contribution >= 0.6 is 0 Å². The van der Waals surface area contributed by atoms with Crippen LogP contribution < -0.4 is 4.74 Å². The van der Waals surface area contributed by atoms with Gasteiger partial charge in [-0.25, -0.2) is 14.5 Å². The maximum absolute atomic E-state index is 13.9. The lowest BCUT2D eigenvalue weighted by Gasteiger charge is -2.32. The maximum atomic E-state index is 13.9. The number of hydrogen-bond acceptors (Lipinski definition) is 5. The quantitative estimate of drug-likeness (QED) is 0.207. The molecule has 0 radical (unpaired) electrons. The molecule has 46 heavy (non-hydrogen) atoms. The lowest BCUT2D eigenvalue weighted by Crippen LogP contribution is -2.39. The molecule has 1 atom stereocenters. The first-order chi connectivity index (χ1) is 21.8. The summed E-state index contributed by atoms with van der Waals surface area (Å²) >= 11 is 0. The number of halogens is 6. The minimum absolute atomic E-state index is 0.161. The number of alkyl halides is 6. The van der Waals surface area contributed by atoms with E-state index in [1.807, 2.05) is 43.3 Å². The van der Waals surface area contributed by atoms with Gasteiger partial charge >= 0.3 is 18.3 Å². The molecule has 242 valence electrons. The lowest BCUT2D eigenvalue weighted by molar-refractivity contribution is -0.148. The Morgan fingerprint density at radius 3 is 2.41 bits per heavy atom. The Labute approximate surface area is 260 Å². The summed E-state index contributed by atoms with van der Waals surface area (Å²) in [4.78, 5) is 17.4. The van der Waals surface area contributed by atoms with E-state index in [1.54, 1.807) is 12.1 Å². The number of fused-ring (bicyclic) bond motifs is 1. The summed E-state index contributed by atoms with van der Waals surface area (Å²) in [5.41, 5.74) is 2.53. The number of nitrogens with zero attached hydrogens (tertiary/aromatic N) is 4. The number of hydrogen-bond donors (Lipinski definition) is 1. The topological polar surface area (TPSA) is 80.5 Å². The highest BCUT2D eigenvalue weighted by Crippen LogP contribution is 2.42. The van der Waals surface area contributed by atoms with Gasteiger partial charge in [0.05, 0.1) is 18.4 Å². The number of ether oxygens (including phenoxy) is 1. The molecule has 7 nitrogen and oxygen atoms in total. The second-order valence-electron chi connectivity index (χ2n) is 11.7. The van der Waals surface area contributed by atoms with Gasteiger partial charge in [-0.2, -0.15) is 31.4 Å². The molecule has 1 N–H and O–H groups in total. The summed E-state index contributed by atoms with van der Waals surface area (Å²) in [6.45, 7) is 1.81. The first-order valence-corrected chi connectivity index (χ1v) is 14.8. The summed E-state index contributed by atoms with van der Waals surface area (Å²) in [6.07, 6.45) is -6.21. The van der Waals surface area contributed by atoms with E-state index < -0.39 is 36.1 Å². The largest absolute Gasteiger partial charge is 0.485 e. The zero-order valence-corrected chi connectivity index (χ0v) is 24.7. The van der Waals surface area contributed by atoms with Crippen LogP contribution in [-0.2, 0) is 12.6 Å². The fraction of sp³-hybridized carbons (Fsp3) is 0.364. The average molecular weight is 645 g/mol. The van der Waals surface area contributed by atoms with Crippen molar-refractivity contribution < 1.29 is 41.0 Å². The Morgan fingerprint density at radius 2 is 1.74 bits per heavy atom. The second-order valence-corrected chi connectivity index (χ2v) is 11.7. The molecule has 13 heteroatoms. The third-order valence-electron chi connectivity index (χ3n) is 8.62. The zero-order chi connectivity index (χ0) is 32.8. The molecule has 0 bridgehead atoms. The predicted molar refractivity (Wildman–Crippen MR) is 156 cm³/mol. The molecular formula is C33H30F6N4O3. The molecule has 0 spiro atoms. The number of aromatic carboxylic acids is 1. The van der Waals surface area contributed by atoms with Crippen LogP contribution in [0.1, 0.15) is 69.6 Å². The van der Waals surface area contributed by atoms with Gasteiger partial charge in [0.25, 0.3) is 0 Å². The number of likely N-dealkylation sites (tertiary alicyclic amines) is 1. The van der Waals surface area contributed by atoms with Crippen molar-refractivity contribution in [1.29, 1.82) is 0 Å². The van der Waals surface area contributed by atoms with E-state index >= 15 is 0 Å². The Morgan fingerprint density at radius 1 is 1.00 bits per heavy atom. The van der Waals surface area contributed by atoms with Crippen LogP contribution in [0.25, 0.3) is 17.1 Å². The maximum Gasteiger partial charge on any atom is 0.434 e. The minimum atomic E-state index is -4.98. The number of aromatic nitrogens is 3. The molecule has 6 rings (SSSR count). The van der Waals surface area contributed by atoms with E-state index in [1.165, 1.54) is 11.0 Å². The van der Waals surface area contributed by atoms with Crippen molar-refractivity contribution in [2.45, 2.75) is 57.0 Å². The number of aryl methyl sites for hydroxylation is 2. The van der Waals surface area contributed by atoms with Crippen molar-refractivity contribution in [3.8, 4) is 22.8 Å². The molecule has 0 saturated carbocycles. The number of rotatable bonds is 7. The fourth-order valence-corrected chi connectivity index (χ4v) is 6.52. The lowest BCUT2D eigenvalue weighted by atomic mass is 9.88. The van der Waals surface area contributed by atoms with Gasteiger partial charge in [-0.3, -0.25) is 4.90 Å². The molecule has 2 aromatic carbocycles. The van der Waals surface area contributed by atoms with Gasteiger partial charge in [-0.05, 0) is 86.5 Å². The average Bonchev–Trinajstić information content (AvgIpc) is 3.63. The van der Waals surface area contributed by atoms with Gasteiger partial charge in [0.2, 0.25) is 0 Å². The number of carbonyl (C=O) groups is 1. The SMILES string of the molecule is Cc1cc(C2CCN(CC(F)(F)F)CC2)ccc1OC1CCc2cccc(-c3cccc(-n4ncc(C(=O)O)c4C(F)(F)F)n3)c21. The van der Waals surface area contributed by atoms with Gasteiger partial charge in [-0.15, -0.1) is 0 Å². The number of pyridine rings is 1. The Balaban J connectivity index is 1.24. The number of benzene rings is 2. The normalized spacial score (nSPS) is 17.7. The van der Waals surface area contributed by atoms with E-state index in [-0.39, 0.29) is 17.8 Å². The van der Waals surface area contributed by atoms with Crippen molar-refractivity contribution in [3.63, 3.8) is 0 Å². The fourth-order valence-electron chi connectivity index (χ4n) is 6.52. The number of carboxylic acid groups (broad SMARTS) is 1. The molecule has 0 amide bonds. The van der Waals surface area contributed by atoms with Gasteiger partial charge in [0, 0.05) is 11.1 Å². The molecule has 1 unspecified atom stereocenters. The Bertz CT molecular complexity index is 1760. The van der Waals surface area contributed by atoms with E-state index in [2.05, 4.69) is 10.1 Å². The van der Waals surface area contributed by atoms with E-state index in [0.717, 1.165) is 28.7 Å². The molecule has 2 aromatic heterocycles. The molecule has 1 saturated heterocycles. The third kappa shape index (κ3) is 6.46. The van der Waals surface area contributed by atoms with Crippen molar-refractivity contribution >= 4 is 5.97 Å². The van der Waals surface area contributed by atoms with Crippen LogP contribution in [0, 0.1) is 6.92 Å². The van der Waals surface area contributed by atoms with Gasteiger partial charge in [0.1, 0.15) is 17.4 Å². The summed E-state index contributed by atoms with van der Waals surface area (Å²) in [7, 11) is 0. The molecule has 1 aliphatic heterocycles. The highest BCUT2D eigenvalue weighted by Gasteiger charge is 2.41. The standard InChI is InChI=1S/C33H30F6N4O3/c1-19-16-22(20-12-14-42(15-13-20)18-32(34,35)36)9-10-26(19)46-27-11-8-21-4-2-5-23(29(21)27)25-6-3-7-28(41-25)43-30(33(37,38)39)24(17-40-43)31(44)45/h2-7,9-10,16-17,20,27H,8,11-15,18H2,1H3,(H,44,45). The van der Waals surface area contributed by atoms with Gasteiger partial charge in [-0.1, -0.05) is 36.4 Å². The van der Waals surface area contributed by atoms with Crippen molar-refractivity contribution in [1.82, 2.24) is 19.7 Å². The van der Waals surface area contributed by atoms with Gasteiger partial charge in [0.15, 0.2) is 11.5 Å². The highest BCUT2D eigenvalue weighted by molar-refractivity contribution is 5.89. The van der Waals surface area contributed by atoms with Crippen molar-refractivity contribution in [2.24, 2.45) is 0 Å². The minimum Gasteiger partial charge on any atom is -0.485 e. The van der Waals surface area contributed by atoms with E-state index in [4.69, 9.17) is 4.74 Å². The molecule has 4 aromatic rings. The monoisotopic (exact) mass is 644 g/mol.